The Morgan fingerprint density at radius 2 is 1.77 bits per heavy atom. The number of aliphatic imine (C=N–C) groups is 1. The maximum atomic E-state index is 12.1. The fourth-order valence-electron chi connectivity index (χ4n) is 3.11. The molecule has 0 saturated heterocycles. The number of nitrogens with zero attached hydrogens (tertiary/aromatic N) is 1. The van der Waals surface area contributed by atoms with E-state index in [9.17, 15) is 4.79 Å². The Kier molecular flexibility index (Phi) is 13.1. The third kappa shape index (κ3) is 10.5. The summed E-state index contributed by atoms with van der Waals surface area (Å²) in [5.74, 6) is 2.09. The molecule has 0 aromatic carbocycles. The lowest BCUT2D eigenvalue weighted by Gasteiger charge is -2.21. The highest BCUT2D eigenvalue weighted by atomic mass is 127. The molecular weight excluding hydrogens is 443 g/mol. The number of guanidine groups is 1. The number of rotatable bonds is 11. The van der Waals surface area contributed by atoms with Crippen molar-refractivity contribution in [2.75, 3.05) is 39.4 Å². The molecule has 0 radical (unpaired) electrons. The second kappa shape index (κ2) is 14.5. The van der Waals surface area contributed by atoms with E-state index < -0.39 is 0 Å². The molecule has 7 heteroatoms. The van der Waals surface area contributed by atoms with Gasteiger partial charge in [0, 0.05) is 45.3 Å². The molecule has 0 unspecified atom stereocenters. The average Bonchev–Trinajstić information content (AvgIpc) is 3.46. The van der Waals surface area contributed by atoms with Gasteiger partial charge >= 0.3 is 0 Å². The lowest BCUT2D eigenvalue weighted by molar-refractivity contribution is -0.125. The Labute approximate surface area is 175 Å². The maximum Gasteiger partial charge on any atom is 0.223 e. The minimum Gasteiger partial charge on any atom is -0.381 e. The molecular formula is C19H37IN4O2. The molecule has 2 rings (SSSR count). The van der Waals surface area contributed by atoms with Crippen molar-refractivity contribution in [3.63, 3.8) is 0 Å². The number of carbonyl (C=O) groups excluding carboxylic acids is 1. The minimum absolute atomic E-state index is 0. The Morgan fingerprint density at radius 1 is 1.04 bits per heavy atom. The molecule has 2 aliphatic rings. The van der Waals surface area contributed by atoms with E-state index in [1.165, 1.54) is 32.1 Å². The van der Waals surface area contributed by atoms with Gasteiger partial charge in [0.1, 0.15) is 0 Å². The molecule has 0 heterocycles. The third-order valence-electron chi connectivity index (χ3n) is 4.80. The first-order valence-corrected chi connectivity index (χ1v) is 10.2. The summed E-state index contributed by atoms with van der Waals surface area (Å²) in [7, 11) is 0. The lowest BCUT2D eigenvalue weighted by atomic mass is 9.89. The van der Waals surface area contributed by atoms with Crippen LogP contribution in [0.3, 0.4) is 0 Å². The van der Waals surface area contributed by atoms with E-state index in [4.69, 9.17) is 4.74 Å². The zero-order valence-corrected chi connectivity index (χ0v) is 18.6. The van der Waals surface area contributed by atoms with Gasteiger partial charge in [-0.25, -0.2) is 0 Å². The van der Waals surface area contributed by atoms with Gasteiger partial charge in [-0.3, -0.25) is 9.79 Å². The first kappa shape index (κ1) is 23.5. The Balaban J connectivity index is 0.00000338. The minimum atomic E-state index is 0. The number of halogens is 1. The fraction of sp³-hybridized carbons (Fsp3) is 0.895. The molecule has 0 bridgehead atoms. The van der Waals surface area contributed by atoms with Crippen molar-refractivity contribution < 1.29 is 9.53 Å². The van der Waals surface area contributed by atoms with E-state index >= 15 is 0 Å². The highest BCUT2D eigenvalue weighted by molar-refractivity contribution is 14.0. The van der Waals surface area contributed by atoms with Crippen LogP contribution in [0.4, 0.5) is 0 Å². The van der Waals surface area contributed by atoms with Gasteiger partial charge in [-0.1, -0.05) is 19.3 Å². The first-order chi connectivity index (χ1) is 12.3. The van der Waals surface area contributed by atoms with Crippen LogP contribution >= 0.6 is 24.0 Å². The van der Waals surface area contributed by atoms with Crippen molar-refractivity contribution in [1.29, 1.82) is 0 Å². The zero-order valence-electron chi connectivity index (χ0n) is 16.2. The lowest BCUT2D eigenvalue weighted by Crippen LogP contribution is -2.42. The largest absolute Gasteiger partial charge is 0.381 e. The molecule has 3 N–H and O–H groups in total. The number of carbonyl (C=O) groups is 1. The van der Waals surface area contributed by atoms with Crippen LogP contribution in [0.2, 0.25) is 0 Å². The van der Waals surface area contributed by atoms with E-state index in [0.717, 1.165) is 57.4 Å². The summed E-state index contributed by atoms with van der Waals surface area (Å²) in [5, 5.41) is 9.57. The van der Waals surface area contributed by atoms with Crippen molar-refractivity contribution >= 4 is 35.8 Å². The predicted octanol–water partition coefficient (Wildman–Crippen LogP) is 2.67. The van der Waals surface area contributed by atoms with E-state index in [0.29, 0.717) is 13.1 Å². The number of nitrogens with one attached hydrogen (secondary N) is 3. The predicted molar refractivity (Wildman–Crippen MR) is 117 cm³/mol. The summed E-state index contributed by atoms with van der Waals surface area (Å²) in [5.41, 5.74) is 0. The smallest absolute Gasteiger partial charge is 0.223 e. The Hall–Kier alpha value is -0.570. The monoisotopic (exact) mass is 480 g/mol. The van der Waals surface area contributed by atoms with Crippen molar-refractivity contribution in [3.05, 3.63) is 0 Å². The van der Waals surface area contributed by atoms with Crippen molar-refractivity contribution in [3.8, 4) is 0 Å². The molecule has 0 spiro atoms. The SMILES string of the molecule is CCNC(=NCCCOCC1CC1)NCCNC(=O)C1CCCCC1.I. The van der Waals surface area contributed by atoms with Crippen LogP contribution in [0.1, 0.15) is 58.3 Å². The molecule has 0 aliphatic heterocycles. The molecule has 1 amide bonds. The summed E-state index contributed by atoms with van der Waals surface area (Å²) in [4.78, 5) is 16.6. The van der Waals surface area contributed by atoms with Gasteiger partial charge in [-0.15, -0.1) is 24.0 Å². The third-order valence-corrected chi connectivity index (χ3v) is 4.80. The highest BCUT2D eigenvalue weighted by Crippen LogP contribution is 2.28. The standard InChI is InChI=1S/C19H36N4O2.HI/c1-2-20-19(22-11-6-14-25-15-16-9-10-16)23-13-12-21-18(24)17-7-4-3-5-8-17;/h16-17H,2-15H2,1H3,(H,21,24)(H2,20,22,23);1H. The number of hydrogen-bond acceptors (Lipinski definition) is 3. The van der Waals surface area contributed by atoms with Crippen molar-refractivity contribution in [1.82, 2.24) is 16.0 Å². The van der Waals surface area contributed by atoms with E-state index in [-0.39, 0.29) is 35.8 Å². The van der Waals surface area contributed by atoms with Crippen LogP contribution in [-0.2, 0) is 9.53 Å². The van der Waals surface area contributed by atoms with Gasteiger partial charge < -0.3 is 20.7 Å². The molecule has 0 aromatic heterocycles. The van der Waals surface area contributed by atoms with Gasteiger partial charge in [0.05, 0.1) is 0 Å². The summed E-state index contributed by atoms with van der Waals surface area (Å²) < 4.78 is 5.62. The molecule has 0 atom stereocenters. The van der Waals surface area contributed by atoms with Crippen LogP contribution in [0, 0.1) is 11.8 Å². The van der Waals surface area contributed by atoms with E-state index in [2.05, 4.69) is 27.9 Å². The highest BCUT2D eigenvalue weighted by Gasteiger charge is 2.21. The van der Waals surface area contributed by atoms with Crippen molar-refractivity contribution in [2.24, 2.45) is 16.8 Å². The van der Waals surface area contributed by atoms with Crippen LogP contribution in [-0.4, -0.2) is 51.3 Å². The van der Waals surface area contributed by atoms with Crippen molar-refractivity contribution in [2.45, 2.75) is 58.3 Å². The molecule has 6 nitrogen and oxygen atoms in total. The van der Waals surface area contributed by atoms with Crippen LogP contribution in [0.25, 0.3) is 0 Å². The van der Waals surface area contributed by atoms with Crippen LogP contribution in [0.15, 0.2) is 4.99 Å². The second-order valence-corrected chi connectivity index (χ2v) is 7.19. The molecule has 2 fully saturated rings. The molecule has 2 saturated carbocycles. The normalized spacial score (nSPS) is 18.1. The summed E-state index contributed by atoms with van der Waals surface area (Å²) in [6, 6.07) is 0. The first-order valence-electron chi connectivity index (χ1n) is 10.2. The Morgan fingerprint density at radius 3 is 2.46 bits per heavy atom. The number of amides is 1. The maximum absolute atomic E-state index is 12.1. The molecule has 0 aromatic rings. The fourth-order valence-corrected chi connectivity index (χ4v) is 3.11. The van der Waals surface area contributed by atoms with E-state index in [1.54, 1.807) is 0 Å². The topological polar surface area (TPSA) is 74.8 Å². The average molecular weight is 480 g/mol. The van der Waals surface area contributed by atoms with Crippen LogP contribution < -0.4 is 16.0 Å². The second-order valence-electron chi connectivity index (χ2n) is 7.19. The summed E-state index contributed by atoms with van der Waals surface area (Å²) in [6.45, 7) is 6.69. The number of ether oxygens (including phenoxy) is 1. The number of hydrogen-bond donors (Lipinski definition) is 3. The summed E-state index contributed by atoms with van der Waals surface area (Å²) >= 11 is 0. The Bertz CT molecular complexity index is 410. The van der Waals surface area contributed by atoms with E-state index in [1.807, 2.05) is 0 Å². The van der Waals surface area contributed by atoms with Gasteiger partial charge in [0.2, 0.25) is 5.91 Å². The quantitative estimate of drug-likeness (QED) is 0.184. The van der Waals surface area contributed by atoms with Gasteiger partial charge in [-0.05, 0) is 44.9 Å². The molecule has 2 aliphatic carbocycles. The van der Waals surface area contributed by atoms with Gasteiger partial charge in [0.15, 0.2) is 5.96 Å². The molecule has 26 heavy (non-hydrogen) atoms. The van der Waals surface area contributed by atoms with Gasteiger partial charge in [0.25, 0.3) is 0 Å². The summed E-state index contributed by atoms with van der Waals surface area (Å²) in [6.07, 6.45) is 9.38. The molecule has 152 valence electrons. The zero-order chi connectivity index (χ0) is 17.7. The van der Waals surface area contributed by atoms with Crippen LogP contribution in [0.5, 0.6) is 0 Å². The van der Waals surface area contributed by atoms with Gasteiger partial charge in [-0.2, -0.15) is 0 Å².